The van der Waals surface area contributed by atoms with Gasteiger partial charge in [0.25, 0.3) is 0 Å². The number of nitrogens with one attached hydrogen (secondary N) is 2. The van der Waals surface area contributed by atoms with Gasteiger partial charge in [-0.15, -0.1) is 0 Å². The van der Waals surface area contributed by atoms with Crippen molar-refractivity contribution >= 4 is 11.8 Å². The van der Waals surface area contributed by atoms with Crippen molar-refractivity contribution in [2.45, 2.75) is 102 Å². The van der Waals surface area contributed by atoms with Crippen LogP contribution in [0.3, 0.4) is 0 Å². The molecule has 0 bridgehead atoms. The number of aliphatic carboxylic acids is 1. The second-order valence-electron chi connectivity index (χ2n) is 6.14. The van der Waals surface area contributed by atoms with Gasteiger partial charge in [0.15, 0.2) is 0 Å². The van der Waals surface area contributed by atoms with Gasteiger partial charge >= 0.3 is 5.97 Å². The molecule has 0 aliphatic rings. The van der Waals surface area contributed by atoms with Crippen LogP contribution in [0.25, 0.3) is 0 Å². The minimum Gasteiger partial charge on any atom is -0.480 e. The lowest BCUT2D eigenvalue weighted by atomic mass is 10.1. The quantitative estimate of drug-likeness (QED) is 0.113. The number of ether oxygens (including phenoxy) is 3. The van der Waals surface area contributed by atoms with Crippen LogP contribution >= 0.6 is 0 Å². The summed E-state index contributed by atoms with van der Waals surface area (Å²) in [6, 6.07) is -0.737. The molecular formula is C23H59N3O6. The lowest BCUT2D eigenvalue weighted by Gasteiger charge is -2.18. The number of hydrogen-bond acceptors (Lipinski definition) is 7. The predicted molar refractivity (Wildman–Crippen MR) is 139 cm³/mol. The van der Waals surface area contributed by atoms with Gasteiger partial charge in [0.1, 0.15) is 6.04 Å². The van der Waals surface area contributed by atoms with E-state index < -0.39 is 18.1 Å². The highest BCUT2D eigenvalue weighted by molar-refractivity contribution is 5.76. The number of nitrogens with two attached hydrogens (primary N) is 1. The van der Waals surface area contributed by atoms with Crippen LogP contribution in [0.15, 0.2) is 0 Å². The Morgan fingerprint density at radius 2 is 1.62 bits per heavy atom. The van der Waals surface area contributed by atoms with E-state index in [1.807, 2.05) is 13.8 Å². The van der Waals surface area contributed by atoms with E-state index in [0.717, 1.165) is 0 Å². The SMILES string of the molecule is C.C.C.C.C.C.CCOCC(C)OCCOCC(O)CNC(CCCCC(=N)N)C(=O)O. The van der Waals surface area contributed by atoms with Crippen molar-refractivity contribution in [1.82, 2.24) is 5.32 Å². The number of hydrogen-bond donors (Lipinski definition) is 5. The fraction of sp³-hybridized carbons (Fsp3) is 0.913. The maximum absolute atomic E-state index is 11.2. The molecule has 0 rings (SSSR count). The third kappa shape index (κ3) is 30.9. The van der Waals surface area contributed by atoms with E-state index in [1.165, 1.54) is 0 Å². The first kappa shape index (κ1) is 48.2. The summed E-state index contributed by atoms with van der Waals surface area (Å²) in [4.78, 5) is 11.2. The first-order valence-corrected chi connectivity index (χ1v) is 9.11. The van der Waals surface area contributed by atoms with Gasteiger partial charge in [0.2, 0.25) is 0 Å². The lowest BCUT2D eigenvalue weighted by Crippen LogP contribution is -2.42. The number of unbranched alkanes of at least 4 members (excludes halogenated alkanes) is 1. The monoisotopic (exact) mass is 473 g/mol. The smallest absolute Gasteiger partial charge is 0.320 e. The zero-order chi connectivity index (χ0) is 19.8. The molecule has 0 saturated heterocycles. The highest BCUT2D eigenvalue weighted by atomic mass is 16.6. The molecule has 0 fully saturated rings. The van der Waals surface area contributed by atoms with Crippen molar-refractivity contribution in [1.29, 1.82) is 5.41 Å². The largest absolute Gasteiger partial charge is 0.480 e. The summed E-state index contributed by atoms with van der Waals surface area (Å²) in [5, 5.41) is 29.0. The summed E-state index contributed by atoms with van der Waals surface area (Å²) in [5.74, 6) is -0.855. The van der Waals surface area contributed by atoms with Crippen molar-refractivity contribution in [2.75, 3.05) is 39.6 Å². The molecule has 32 heavy (non-hydrogen) atoms. The van der Waals surface area contributed by atoms with E-state index >= 15 is 0 Å². The van der Waals surface area contributed by atoms with E-state index in [9.17, 15) is 15.0 Å². The molecule has 202 valence electrons. The zero-order valence-electron chi connectivity index (χ0n) is 15.9. The molecule has 0 aromatic rings. The fourth-order valence-corrected chi connectivity index (χ4v) is 2.17. The van der Waals surface area contributed by atoms with Crippen molar-refractivity contribution in [3.8, 4) is 0 Å². The molecule has 0 heterocycles. The average Bonchev–Trinajstić information content (AvgIpc) is 2.58. The first-order chi connectivity index (χ1) is 12.4. The minimum absolute atomic E-state index is 0. The highest BCUT2D eigenvalue weighted by Crippen LogP contribution is 2.04. The topological polar surface area (TPSA) is 147 Å². The van der Waals surface area contributed by atoms with Crippen molar-refractivity contribution in [2.24, 2.45) is 5.73 Å². The number of aliphatic hydroxyl groups excluding tert-OH is 1. The number of rotatable bonds is 18. The van der Waals surface area contributed by atoms with Gasteiger partial charge < -0.3 is 35.5 Å². The van der Waals surface area contributed by atoms with Crippen LogP contribution in [0, 0.1) is 5.41 Å². The molecule has 3 atom stereocenters. The Bertz CT molecular complexity index is 387. The summed E-state index contributed by atoms with van der Waals surface area (Å²) in [6.45, 7) is 6.01. The number of carbonyl (C=O) groups is 1. The molecule has 6 N–H and O–H groups in total. The van der Waals surface area contributed by atoms with E-state index in [-0.39, 0.29) is 69.7 Å². The molecule has 9 nitrogen and oxygen atoms in total. The van der Waals surface area contributed by atoms with Gasteiger partial charge in [-0.1, -0.05) is 51.0 Å². The molecule has 0 amide bonds. The second-order valence-corrected chi connectivity index (χ2v) is 6.14. The van der Waals surface area contributed by atoms with Crippen LogP contribution in [0.2, 0.25) is 0 Å². The van der Waals surface area contributed by atoms with Crippen LogP contribution in [-0.4, -0.2) is 79.8 Å². The molecule has 0 spiro atoms. The summed E-state index contributed by atoms with van der Waals surface area (Å²) in [7, 11) is 0. The Morgan fingerprint density at radius 3 is 2.12 bits per heavy atom. The number of carboxylic acid groups (broad SMARTS) is 1. The van der Waals surface area contributed by atoms with Gasteiger partial charge in [0.05, 0.1) is 44.5 Å². The number of aliphatic hydroxyl groups is 1. The van der Waals surface area contributed by atoms with Crippen molar-refractivity contribution < 1.29 is 29.2 Å². The van der Waals surface area contributed by atoms with E-state index in [2.05, 4.69) is 5.32 Å². The number of carboxylic acids is 1. The molecule has 3 unspecified atom stereocenters. The Labute approximate surface area is 199 Å². The third-order valence-electron chi connectivity index (χ3n) is 3.58. The Kier molecular flexibility index (Phi) is 48.1. The van der Waals surface area contributed by atoms with Gasteiger partial charge in [-0.05, 0) is 26.7 Å². The van der Waals surface area contributed by atoms with Crippen LogP contribution in [0.4, 0.5) is 0 Å². The van der Waals surface area contributed by atoms with Gasteiger partial charge in [-0.3, -0.25) is 10.2 Å². The lowest BCUT2D eigenvalue weighted by molar-refractivity contribution is -0.139. The van der Waals surface area contributed by atoms with Gasteiger partial charge in [0, 0.05) is 19.6 Å². The first-order valence-electron chi connectivity index (χ1n) is 9.11. The Hall–Kier alpha value is -1.26. The Morgan fingerprint density at radius 1 is 1.03 bits per heavy atom. The van der Waals surface area contributed by atoms with Crippen molar-refractivity contribution in [3.63, 3.8) is 0 Å². The summed E-state index contributed by atoms with van der Waals surface area (Å²) in [5.41, 5.74) is 5.26. The minimum atomic E-state index is -0.961. The maximum Gasteiger partial charge on any atom is 0.320 e. The van der Waals surface area contributed by atoms with Crippen LogP contribution < -0.4 is 11.1 Å². The summed E-state index contributed by atoms with van der Waals surface area (Å²) < 4.78 is 16.0. The zero-order valence-corrected chi connectivity index (χ0v) is 15.9. The van der Waals surface area contributed by atoms with Crippen LogP contribution in [-0.2, 0) is 19.0 Å². The molecule has 0 saturated carbocycles. The normalized spacial score (nSPS) is 12.0. The highest BCUT2D eigenvalue weighted by Gasteiger charge is 2.17. The van der Waals surface area contributed by atoms with Crippen molar-refractivity contribution in [3.05, 3.63) is 0 Å². The van der Waals surface area contributed by atoms with E-state index in [0.29, 0.717) is 52.1 Å². The van der Waals surface area contributed by atoms with Gasteiger partial charge in [-0.2, -0.15) is 0 Å². The van der Waals surface area contributed by atoms with Crippen LogP contribution in [0.5, 0.6) is 0 Å². The molecule has 0 aromatic heterocycles. The number of amidine groups is 1. The molecule has 9 heteroatoms. The summed E-state index contributed by atoms with van der Waals surface area (Å²) in [6.07, 6.45) is 1.40. The third-order valence-corrected chi connectivity index (χ3v) is 3.58. The standard InChI is InChI=1S/C17H35N3O6.6CH4/c1-3-24-11-13(2)26-9-8-25-12-14(21)10-20-15(17(22)23)6-4-5-7-16(18)19;;;;;;/h13-15,20-21H,3-12H2,1-2H3,(H3,18,19)(H,22,23);6*1H4. The average molecular weight is 474 g/mol. The predicted octanol–water partition coefficient (Wildman–Crippen LogP) is 4.16. The van der Waals surface area contributed by atoms with E-state index in [4.69, 9.17) is 25.4 Å². The maximum atomic E-state index is 11.2. The molecule has 0 aromatic carbocycles. The molecule has 0 aliphatic heterocycles. The molecule has 0 radical (unpaired) electrons. The fourth-order valence-electron chi connectivity index (χ4n) is 2.17. The second kappa shape index (κ2) is 31.9. The molecule has 0 aliphatic carbocycles. The molecular weight excluding hydrogens is 414 g/mol. The summed E-state index contributed by atoms with van der Waals surface area (Å²) >= 11 is 0. The van der Waals surface area contributed by atoms with E-state index in [1.54, 1.807) is 0 Å². The van der Waals surface area contributed by atoms with Gasteiger partial charge in [-0.25, -0.2) is 0 Å². The van der Waals surface area contributed by atoms with Crippen LogP contribution in [0.1, 0.15) is 84.1 Å². The Balaban J connectivity index is -0.000000208.